The average molecular weight is 280 g/mol. The van der Waals surface area contributed by atoms with E-state index in [4.69, 9.17) is 0 Å². The van der Waals surface area contributed by atoms with E-state index in [1.807, 2.05) is 0 Å². The van der Waals surface area contributed by atoms with Gasteiger partial charge in [-0.25, -0.2) is 0 Å². The molecule has 0 spiro atoms. The lowest BCUT2D eigenvalue weighted by Gasteiger charge is -2.32. The van der Waals surface area contributed by atoms with Crippen LogP contribution in [-0.2, 0) is 0 Å². The van der Waals surface area contributed by atoms with Gasteiger partial charge in [0.1, 0.15) is 0 Å². The molecule has 1 N–H and O–H groups in total. The minimum atomic E-state index is 0.827. The smallest absolute Gasteiger partial charge is 0.00697 e. The van der Waals surface area contributed by atoms with E-state index < -0.39 is 0 Å². The molecule has 0 radical (unpaired) electrons. The van der Waals surface area contributed by atoms with Gasteiger partial charge in [0, 0.05) is 6.04 Å². The summed E-state index contributed by atoms with van der Waals surface area (Å²) >= 11 is 0. The Labute approximate surface area is 127 Å². The van der Waals surface area contributed by atoms with Crippen molar-refractivity contribution in [3.05, 3.63) is 0 Å². The fourth-order valence-electron chi connectivity index (χ4n) is 4.67. The Morgan fingerprint density at radius 2 is 1.70 bits per heavy atom. The number of hydrogen-bond donors (Lipinski definition) is 1. The lowest BCUT2D eigenvalue weighted by molar-refractivity contribution is 0.235. The second-order valence-corrected chi connectivity index (χ2v) is 8.24. The number of hydrogen-bond acceptors (Lipinski definition) is 1. The molecule has 1 heteroatoms. The van der Waals surface area contributed by atoms with Crippen molar-refractivity contribution in [2.45, 2.75) is 91.0 Å². The molecule has 2 rings (SSSR count). The topological polar surface area (TPSA) is 12.0 Å². The third-order valence-corrected chi connectivity index (χ3v) is 5.62. The first-order chi connectivity index (χ1) is 9.63. The highest BCUT2D eigenvalue weighted by atomic mass is 14.9. The third kappa shape index (κ3) is 5.76. The first kappa shape index (κ1) is 16.3. The Hall–Kier alpha value is -0.0400. The molecule has 0 aliphatic heterocycles. The molecule has 2 saturated carbocycles. The van der Waals surface area contributed by atoms with Gasteiger partial charge in [0.05, 0.1) is 0 Å². The van der Waals surface area contributed by atoms with Gasteiger partial charge in [0.25, 0.3) is 0 Å². The predicted octanol–water partition coefficient (Wildman–Crippen LogP) is 5.40. The highest BCUT2D eigenvalue weighted by Crippen LogP contribution is 2.31. The second-order valence-electron chi connectivity index (χ2n) is 8.24. The summed E-state index contributed by atoms with van der Waals surface area (Å²) in [4.78, 5) is 0. The van der Waals surface area contributed by atoms with E-state index in [9.17, 15) is 0 Å². The predicted molar refractivity (Wildman–Crippen MR) is 88.9 cm³/mol. The maximum Gasteiger partial charge on any atom is 0.00697 e. The van der Waals surface area contributed by atoms with Crippen LogP contribution in [0.15, 0.2) is 0 Å². The normalized spacial score (nSPS) is 35.4. The summed E-state index contributed by atoms with van der Waals surface area (Å²) in [5.41, 5.74) is 0. The molecule has 0 aromatic carbocycles. The van der Waals surface area contributed by atoms with Crippen molar-refractivity contribution >= 4 is 0 Å². The van der Waals surface area contributed by atoms with Crippen LogP contribution in [0.5, 0.6) is 0 Å². The van der Waals surface area contributed by atoms with Crippen LogP contribution in [0, 0.1) is 23.7 Å². The molecule has 2 fully saturated rings. The summed E-state index contributed by atoms with van der Waals surface area (Å²) in [6.45, 7) is 8.47. The Kier molecular flexibility index (Phi) is 6.87. The van der Waals surface area contributed by atoms with Crippen LogP contribution in [0.4, 0.5) is 0 Å². The van der Waals surface area contributed by atoms with Crippen LogP contribution in [0.1, 0.15) is 85.0 Å². The molecule has 1 nitrogen and oxygen atoms in total. The molecule has 2 aliphatic carbocycles. The first-order valence-corrected chi connectivity index (χ1v) is 9.37. The Morgan fingerprint density at radius 1 is 0.950 bits per heavy atom. The zero-order chi connectivity index (χ0) is 14.4. The van der Waals surface area contributed by atoms with Crippen molar-refractivity contribution in [2.75, 3.05) is 6.54 Å². The van der Waals surface area contributed by atoms with Crippen molar-refractivity contribution in [3.8, 4) is 0 Å². The highest BCUT2D eigenvalue weighted by Gasteiger charge is 2.23. The SMILES string of the molecule is CC(C)CC1CCCC(NCCC2CCCC(C)C2)C1. The molecule has 4 unspecified atom stereocenters. The van der Waals surface area contributed by atoms with Crippen LogP contribution in [0.25, 0.3) is 0 Å². The van der Waals surface area contributed by atoms with E-state index in [-0.39, 0.29) is 0 Å². The minimum absolute atomic E-state index is 0.827. The van der Waals surface area contributed by atoms with Crippen molar-refractivity contribution < 1.29 is 0 Å². The van der Waals surface area contributed by atoms with Gasteiger partial charge >= 0.3 is 0 Å². The Morgan fingerprint density at radius 3 is 2.45 bits per heavy atom. The van der Waals surface area contributed by atoms with E-state index in [0.29, 0.717) is 0 Å². The first-order valence-electron chi connectivity index (χ1n) is 9.37. The molecule has 0 heterocycles. The maximum atomic E-state index is 3.89. The summed E-state index contributed by atoms with van der Waals surface area (Å²) in [5.74, 6) is 3.87. The fourth-order valence-corrected chi connectivity index (χ4v) is 4.67. The number of rotatable bonds is 6. The van der Waals surface area contributed by atoms with E-state index in [1.54, 1.807) is 0 Å². The van der Waals surface area contributed by atoms with E-state index in [1.165, 1.54) is 70.8 Å². The minimum Gasteiger partial charge on any atom is -0.314 e. The van der Waals surface area contributed by atoms with Gasteiger partial charge in [0.2, 0.25) is 0 Å². The van der Waals surface area contributed by atoms with Crippen LogP contribution in [-0.4, -0.2) is 12.6 Å². The summed E-state index contributed by atoms with van der Waals surface area (Å²) < 4.78 is 0. The largest absolute Gasteiger partial charge is 0.314 e. The van der Waals surface area contributed by atoms with Crippen molar-refractivity contribution in [2.24, 2.45) is 23.7 Å². The quantitative estimate of drug-likeness (QED) is 0.686. The summed E-state index contributed by atoms with van der Waals surface area (Å²) in [6, 6.07) is 0.827. The highest BCUT2D eigenvalue weighted by molar-refractivity contribution is 4.79. The van der Waals surface area contributed by atoms with Crippen LogP contribution in [0.2, 0.25) is 0 Å². The van der Waals surface area contributed by atoms with Gasteiger partial charge in [-0.05, 0) is 62.3 Å². The summed E-state index contributed by atoms with van der Waals surface area (Å²) in [6.07, 6.45) is 14.6. The zero-order valence-corrected chi connectivity index (χ0v) is 14.2. The third-order valence-electron chi connectivity index (χ3n) is 5.62. The maximum absolute atomic E-state index is 3.89. The number of nitrogens with one attached hydrogen (secondary N) is 1. The zero-order valence-electron chi connectivity index (χ0n) is 14.2. The van der Waals surface area contributed by atoms with Gasteiger partial charge in [-0.2, -0.15) is 0 Å². The molecule has 4 atom stereocenters. The molecule has 118 valence electrons. The molecule has 0 aromatic heterocycles. The standard InChI is InChI=1S/C19H37N/c1-15(2)12-18-8-5-9-19(14-18)20-11-10-17-7-4-6-16(3)13-17/h15-20H,4-14H2,1-3H3. The lowest BCUT2D eigenvalue weighted by atomic mass is 9.80. The molecule has 0 aromatic rings. The van der Waals surface area contributed by atoms with Gasteiger partial charge in [-0.15, -0.1) is 0 Å². The van der Waals surface area contributed by atoms with Gasteiger partial charge in [-0.1, -0.05) is 52.9 Å². The average Bonchev–Trinajstić information content (AvgIpc) is 2.38. The van der Waals surface area contributed by atoms with E-state index in [0.717, 1.165) is 29.7 Å². The lowest BCUT2D eigenvalue weighted by Crippen LogP contribution is -2.36. The van der Waals surface area contributed by atoms with Crippen molar-refractivity contribution in [1.29, 1.82) is 0 Å². The molecular weight excluding hydrogens is 242 g/mol. The van der Waals surface area contributed by atoms with Gasteiger partial charge in [0.15, 0.2) is 0 Å². The molecule has 0 bridgehead atoms. The van der Waals surface area contributed by atoms with Gasteiger partial charge < -0.3 is 5.32 Å². The molecular formula is C19H37N. The van der Waals surface area contributed by atoms with Crippen molar-refractivity contribution in [3.63, 3.8) is 0 Å². The molecule has 0 amide bonds. The monoisotopic (exact) mass is 279 g/mol. The summed E-state index contributed by atoms with van der Waals surface area (Å²) in [7, 11) is 0. The van der Waals surface area contributed by atoms with E-state index in [2.05, 4.69) is 26.1 Å². The Bertz CT molecular complexity index is 260. The molecule has 2 aliphatic rings. The molecule has 0 saturated heterocycles. The van der Waals surface area contributed by atoms with Crippen LogP contribution in [0.3, 0.4) is 0 Å². The van der Waals surface area contributed by atoms with E-state index >= 15 is 0 Å². The summed E-state index contributed by atoms with van der Waals surface area (Å²) in [5, 5.41) is 3.89. The fraction of sp³-hybridized carbons (Fsp3) is 1.00. The second kappa shape index (κ2) is 8.41. The molecule has 20 heavy (non-hydrogen) atoms. The Balaban J connectivity index is 1.61. The van der Waals surface area contributed by atoms with Crippen LogP contribution >= 0.6 is 0 Å². The van der Waals surface area contributed by atoms with Crippen molar-refractivity contribution in [1.82, 2.24) is 5.32 Å². The van der Waals surface area contributed by atoms with Gasteiger partial charge in [-0.3, -0.25) is 0 Å². The van der Waals surface area contributed by atoms with Crippen LogP contribution < -0.4 is 5.32 Å².